The van der Waals surface area contributed by atoms with Crippen LogP contribution < -0.4 is 5.32 Å². The van der Waals surface area contributed by atoms with E-state index in [1.807, 2.05) is 0 Å². The number of aliphatic hydroxyl groups is 2. The molecule has 0 aromatic carbocycles. The molecule has 0 saturated heterocycles. The van der Waals surface area contributed by atoms with Crippen molar-refractivity contribution in [1.82, 2.24) is 5.32 Å². The Morgan fingerprint density at radius 2 is 1.73 bits per heavy atom. The minimum absolute atomic E-state index is 0.210. The summed E-state index contributed by atoms with van der Waals surface area (Å²) in [5, 5.41) is 21.7. The van der Waals surface area contributed by atoms with Gasteiger partial charge >= 0.3 is 0 Å². The lowest BCUT2D eigenvalue weighted by Gasteiger charge is -2.20. The Morgan fingerprint density at radius 1 is 1.07 bits per heavy atom. The van der Waals surface area contributed by atoms with Crippen LogP contribution in [-0.4, -0.2) is 36.0 Å². The van der Waals surface area contributed by atoms with Gasteiger partial charge in [0.2, 0.25) is 0 Å². The van der Waals surface area contributed by atoms with E-state index < -0.39 is 0 Å². The highest BCUT2D eigenvalue weighted by atomic mass is 16.3. The number of hydrogen-bond donors (Lipinski definition) is 3. The number of unbranched alkanes of at least 4 members (excludes halogenated alkanes) is 2. The first-order valence-electron chi connectivity index (χ1n) is 6.25. The van der Waals surface area contributed by atoms with Crippen LogP contribution in [0.15, 0.2) is 0 Å². The maximum atomic E-state index is 9.81. The monoisotopic (exact) mass is 217 g/mol. The first kappa shape index (κ1) is 14.9. The predicted octanol–water partition coefficient (Wildman–Crippen LogP) is 1.54. The molecule has 3 heteroatoms. The predicted molar refractivity (Wildman–Crippen MR) is 63.9 cm³/mol. The van der Waals surface area contributed by atoms with E-state index in [2.05, 4.69) is 19.2 Å². The molecular weight excluding hydrogens is 190 g/mol. The molecule has 0 bridgehead atoms. The van der Waals surface area contributed by atoms with E-state index in [0.29, 0.717) is 12.5 Å². The molecule has 3 N–H and O–H groups in total. The highest BCUT2D eigenvalue weighted by Crippen LogP contribution is 2.12. The molecule has 1 atom stereocenters. The average Bonchev–Trinajstić information content (AvgIpc) is 2.25. The van der Waals surface area contributed by atoms with Crippen LogP contribution in [0.2, 0.25) is 0 Å². The van der Waals surface area contributed by atoms with Crippen molar-refractivity contribution in [3.05, 3.63) is 0 Å². The number of aliphatic hydroxyl groups excluding tert-OH is 2. The van der Waals surface area contributed by atoms with E-state index in [1.54, 1.807) is 0 Å². The van der Waals surface area contributed by atoms with Gasteiger partial charge < -0.3 is 15.5 Å². The summed E-state index contributed by atoms with van der Waals surface area (Å²) < 4.78 is 0. The van der Waals surface area contributed by atoms with Crippen molar-refractivity contribution in [3.63, 3.8) is 0 Å². The van der Waals surface area contributed by atoms with Crippen molar-refractivity contribution in [1.29, 1.82) is 0 Å². The minimum atomic E-state index is -0.210. The molecule has 0 saturated carbocycles. The molecule has 1 unspecified atom stereocenters. The van der Waals surface area contributed by atoms with E-state index in [-0.39, 0.29) is 12.7 Å². The second-order valence-electron chi connectivity index (χ2n) is 4.13. The van der Waals surface area contributed by atoms with Crippen LogP contribution in [-0.2, 0) is 0 Å². The van der Waals surface area contributed by atoms with Crippen LogP contribution >= 0.6 is 0 Å². The fourth-order valence-corrected chi connectivity index (χ4v) is 1.79. The molecule has 0 fully saturated rings. The Bertz CT molecular complexity index is 127. The zero-order valence-electron chi connectivity index (χ0n) is 10.2. The topological polar surface area (TPSA) is 52.5 Å². The molecule has 3 nitrogen and oxygen atoms in total. The van der Waals surface area contributed by atoms with E-state index in [0.717, 1.165) is 38.6 Å². The zero-order valence-corrected chi connectivity index (χ0v) is 10.2. The Morgan fingerprint density at radius 3 is 2.27 bits per heavy atom. The summed E-state index contributed by atoms with van der Waals surface area (Å²) in [6.07, 6.45) is 4.91. The zero-order chi connectivity index (χ0) is 11.5. The van der Waals surface area contributed by atoms with Crippen LogP contribution in [0.4, 0.5) is 0 Å². The van der Waals surface area contributed by atoms with Gasteiger partial charge in [-0.1, -0.05) is 26.7 Å². The van der Waals surface area contributed by atoms with Gasteiger partial charge in [-0.25, -0.2) is 0 Å². The van der Waals surface area contributed by atoms with E-state index in [4.69, 9.17) is 5.11 Å². The second-order valence-corrected chi connectivity index (χ2v) is 4.13. The van der Waals surface area contributed by atoms with Crippen molar-refractivity contribution in [3.8, 4) is 0 Å². The van der Waals surface area contributed by atoms with Gasteiger partial charge in [-0.05, 0) is 31.7 Å². The Labute approximate surface area is 93.9 Å². The quantitative estimate of drug-likeness (QED) is 0.486. The summed E-state index contributed by atoms with van der Waals surface area (Å²) in [4.78, 5) is 0. The van der Waals surface area contributed by atoms with E-state index in [1.165, 1.54) is 0 Å². The van der Waals surface area contributed by atoms with Crippen molar-refractivity contribution < 1.29 is 10.2 Å². The molecule has 0 aromatic heterocycles. The SMILES string of the molecule is CCC(CC)C(O)CNCCCCCO. The van der Waals surface area contributed by atoms with Gasteiger partial charge in [0.25, 0.3) is 0 Å². The molecule has 0 amide bonds. The molecule has 92 valence electrons. The molecule has 0 aromatic rings. The highest BCUT2D eigenvalue weighted by Gasteiger charge is 2.14. The van der Waals surface area contributed by atoms with Gasteiger partial charge in [0.05, 0.1) is 6.10 Å². The van der Waals surface area contributed by atoms with Gasteiger partial charge in [-0.15, -0.1) is 0 Å². The summed E-state index contributed by atoms with van der Waals surface area (Å²) in [5.74, 6) is 0.426. The molecule has 0 aliphatic heterocycles. The molecule has 0 radical (unpaired) electrons. The van der Waals surface area contributed by atoms with Gasteiger partial charge in [-0.3, -0.25) is 0 Å². The lowest BCUT2D eigenvalue weighted by Crippen LogP contribution is -2.33. The molecule has 0 aliphatic carbocycles. The highest BCUT2D eigenvalue weighted by molar-refractivity contribution is 4.68. The maximum Gasteiger partial charge on any atom is 0.0692 e. The van der Waals surface area contributed by atoms with Crippen LogP contribution in [0.25, 0.3) is 0 Å². The number of nitrogens with one attached hydrogen (secondary N) is 1. The summed E-state index contributed by atoms with van der Waals surface area (Å²) in [6.45, 7) is 6.18. The summed E-state index contributed by atoms with van der Waals surface area (Å²) in [7, 11) is 0. The Balaban J connectivity index is 3.33. The van der Waals surface area contributed by atoms with Gasteiger partial charge in [0.1, 0.15) is 0 Å². The molecule has 0 rings (SSSR count). The number of hydrogen-bond acceptors (Lipinski definition) is 3. The van der Waals surface area contributed by atoms with Crippen LogP contribution in [0.1, 0.15) is 46.0 Å². The molecule has 15 heavy (non-hydrogen) atoms. The third-order valence-corrected chi connectivity index (χ3v) is 2.96. The average molecular weight is 217 g/mol. The third kappa shape index (κ3) is 7.77. The van der Waals surface area contributed by atoms with Crippen molar-refractivity contribution in [2.24, 2.45) is 5.92 Å². The van der Waals surface area contributed by atoms with Crippen molar-refractivity contribution >= 4 is 0 Å². The maximum absolute atomic E-state index is 9.81. The normalized spacial score (nSPS) is 13.4. The van der Waals surface area contributed by atoms with Crippen LogP contribution in [0, 0.1) is 5.92 Å². The first-order chi connectivity index (χ1) is 7.26. The van der Waals surface area contributed by atoms with E-state index >= 15 is 0 Å². The Kier molecular flexibility index (Phi) is 10.3. The van der Waals surface area contributed by atoms with Gasteiger partial charge in [0, 0.05) is 13.2 Å². The fraction of sp³-hybridized carbons (Fsp3) is 1.00. The first-order valence-corrected chi connectivity index (χ1v) is 6.25. The molecule has 0 aliphatic rings. The Hall–Kier alpha value is -0.120. The van der Waals surface area contributed by atoms with Gasteiger partial charge in [0.15, 0.2) is 0 Å². The summed E-state index contributed by atoms with van der Waals surface area (Å²) >= 11 is 0. The minimum Gasteiger partial charge on any atom is -0.396 e. The van der Waals surface area contributed by atoms with Gasteiger partial charge in [-0.2, -0.15) is 0 Å². The summed E-state index contributed by atoms with van der Waals surface area (Å²) in [6, 6.07) is 0. The standard InChI is InChI=1S/C12H27NO2/c1-3-11(4-2)12(15)10-13-8-6-5-7-9-14/h11-15H,3-10H2,1-2H3. The van der Waals surface area contributed by atoms with Crippen LogP contribution in [0.3, 0.4) is 0 Å². The van der Waals surface area contributed by atoms with Crippen molar-refractivity contribution in [2.45, 2.75) is 52.1 Å². The fourth-order valence-electron chi connectivity index (χ4n) is 1.79. The largest absolute Gasteiger partial charge is 0.396 e. The smallest absolute Gasteiger partial charge is 0.0692 e. The second kappa shape index (κ2) is 10.4. The summed E-state index contributed by atoms with van der Waals surface area (Å²) in [5.41, 5.74) is 0. The van der Waals surface area contributed by atoms with Crippen molar-refractivity contribution in [2.75, 3.05) is 19.7 Å². The van der Waals surface area contributed by atoms with E-state index in [9.17, 15) is 5.11 Å². The molecular formula is C12H27NO2. The van der Waals surface area contributed by atoms with Crippen LogP contribution in [0.5, 0.6) is 0 Å². The number of rotatable bonds is 10. The molecule has 0 spiro atoms. The lowest BCUT2D eigenvalue weighted by molar-refractivity contribution is 0.101. The third-order valence-electron chi connectivity index (χ3n) is 2.96. The lowest BCUT2D eigenvalue weighted by atomic mass is 9.96. The molecule has 0 heterocycles.